The zero-order valence-corrected chi connectivity index (χ0v) is 18.3. The first-order chi connectivity index (χ1) is 15.7. The van der Waals surface area contributed by atoms with Crippen molar-refractivity contribution in [2.75, 3.05) is 5.32 Å². The number of H-pyrrole nitrogens is 1. The lowest BCUT2D eigenvalue weighted by Crippen LogP contribution is -2.14. The smallest absolute Gasteiger partial charge is 0.260 e. The van der Waals surface area contributed by atoms with E-state index in [1.165, 1.54) is 11.3 Å². The van der Waals surface area contributed by atoms with Crippen molar-refractivity contribution >= 4 is 33.3 Å². The fraction of sp³-hybridized carbons (Fsp3) is 0.160. The maximum atomic E-state index is 13.2. The molecule has 6 nitrogen and oxygen atoms in total. The fourth-order valence-electron chi connectivity index (χ4n) is 4.27. The lowest BCUT2D eigenvalue weighted by atomic mass is 10.1. The van der Waals surface area contributed by atoms with Gasteiger partial charge in [-0.15, -0.1) is 11.3 Å². The average molecular weight is 440 g/mol. The summed E-state index contributed by atoms with van der Waals surface area (Å²) < 4.78 is 1.90. The third-order valence-electron chi connectivity index (χ3n) is 5.89. The van der Waals surface area contributed by atoms with Crippen molar-refractivity contribution < 1.29 is 4.79 Å². The van der Waals surface area contributed by atoms with E-state index in [4.69, 9.17) is 4.98 Å². The van der Waals surface area contributed by atoms with Crippen molar-refractivity contribution in [3.63, 3.8) is 0 Å². The number of fused-ring (bicyclic) bond motifs is 1. The number of carbonyl (C=O) groups is 1. The van der Waals surface area contributed by atoms with Crippen LogP contribution >= 0.6 is 11.3 Å². The molecule has 3 heterocycles. The van der Waals surface area contributed by atoms with Gasteiger partial charge in [-0.1, -0.05) is 36.4 Å². The summed E-state index contributed by atoms with van der Waals surface area (Å²) in [6, 6.07) is 18.2. The van der Waals surface area contributed by atoms with E-state index in [-0.39, 0.29) is 5.91 Å². The first-order valence-corrected chi connectivity index (χ1v) is 11.5. The molecule has 1 aliphatic carbocycles. The SMILES string of the molecule is Cc1[nH]c2ccccc2c1-c1csc(NC(=O)c2cnn(-c3ccccc3)c2C2CC2)n1. The lowest BCUT2D eigenvalue weighted by molar-refractivity contribution is 0.102. The van der Waals surface area contributed by atoms with E-state index in [2.05, 4.69) is 27.5 Å². The number of para-hydroxylation sites is 2. The molecule has 0 aliphatic heterocycles. The molecule has 2 aromatic carbocycles. The van der Waals surface area contributed by atoms with E-state index < -0.39 is 0 Å². The van der Waals surface area contributed by atoms with E-state index in [0.29, 0.717) is 16.6 Å². The minimum Gasteiger partial charge on any atom is -0.358 e. The Bertz CT molecular complexity index is 1440. The maximum Gasteiger partial charge on any atom is 0.260 e. The first-order valence-electron chi connectivity index (χ1n) is 10.7. The van der Waals surface area contributed by atoms with Crippen LogP contribution in [0.5, 0.6) is 0 Å². The Labute approximate surface area is 188 Å². The molecule has 3 aromatic heterocycles. The highest BCUT2D eigenvalue weighted by Gasteiger charge is 2.33. The molecule has 2 N–H and O–H groups in total. The molecule has 0 atom stereocenters. The number of nitrogens with zero attached hydrogens (tertiary/aromatic N) is 3. The molecule has 6 rings (SSSR count). The number of hydrogen-bond acceptors (Lipinski definition) is 4. The van der Waals surface area contributed by atoms with Crippen molar-refractivity contribution in [1.29, 1.82) is 0 Å². The highest BCUT2D eigenvalue weighted by molar-refractivity contribution is 7.14. The Morgan fingerprint density at radius 3 is 2.72 bits per heavy atom. The Balaban J connectivity index is 1.31. The van der Waals surface area contributed by atoms with Gasteiger partial charge < -0.3 is 4.98 Å². The van der Waals surface area contributed by atoms with Gasteiger partial charge in [-0.2, -0.15) is 5.10 Å². The Hall–Kier alpha value is -3.71. The molecule has 0 saturated heterocycles. The number of benzene rings is 2. The average Bonchev–Trinajstić information content (AvgIpc) is 3.23. The van der Waals surface area contributed by atoms with Crippen molar-refractivity contribution in [2.24, 2.45) is 0 Å². The van der Waals surface area contributed by atoms with E-state index in [1.54, 1.807) is 6.20 Å². The number of aromatic amines is 1. The largest absolute Gasteiger partial charge is 0.358 e. The number of rotatable bonds is 5. The molecule has 32 heavy (non-hydrogen) atoms. The summed E-state index contributed by atoms with van der Waals surface area (Å²) >= 11 is 1.44. The van der Waals surface area contributed by atoms with Crippen molar-refractivity contribution in [2.45, 2.75) is 25.7 Å². The van der Waals surface area contributed by atoms with Crippen LogP contribution in [-0.4, -0.2) is 25.7 Å². The van der Waals surface area contributed by atoms with Crippen LogP contribution < -0.4 is 5.32 Å². The van der Waals surface area contributed by atoms with Crippen molar-refractivity contribution in [3.05, 3.63) is 83.1 Å². The summed E-state index contributed by atoms with van der Waals surface area (Å²) in [6.45, 7) is 2.05. The van der Waals surface area contributed by atoms with Gasteiger partial charge in [0.25, 0.3) is 5.91 Å². The molecule has 0 unspecified atom stereocenters. The maximum absolute atomic E-state index is 13.2. The molecule has 1 amide bonds. The molecule has 0 bridgehead atoms. The minimum atomic E-state index is -0.161. The second kappa shape index (κ2) is 7.46. The normalized spacial score (nSPS) is 13.5. The highest BCUT2D eigenvalue weighted by Crippen LogP contribution is 2.42. The molecule has 1 saturated carbocycles. The van der Waals surface area contributed by atoms with E-state index in [0.717, 1.165) is 52.1 Å². The topological polar surface area (TPSA) is 75.6 Å². The van der Waals surface area contributed by atoms with E-state index in [1.807, 2.05) is 59.5 Å². The first kappa shape index (κ1) is 19.0. The van der Waals surface area contributed by atoms with Crippen molar-refractivity contribution in [1.82, 2.24) is 19.7 Å². The Morgan fingerprint density at radius 1 is 1.12 bits per heavy atom. The molecule has 7 heteroatoms. The number of thiazole rings is 1. The van der Waals surface area contributed by atoms with Crippen LogP contribution in [0.2, 0.25) is 0 Å². The summed E-state index contributed by atoms with van der Waals surface area (Å²) in [6.07, 6.45) is 3.84. The number of nitrogens with one attached hydrogen (secondary N) is 2. The standard InChI is InChI=1S/C25H21N5OS/c1-15-22(18-9-5-6-10-20(18)27-15)21-14-32-25(28-21)29-24(31)19-13-26-30(23(19)16-11-12-16)17-7-3-2-4-8-17/h2-10,13-14,16,27H,11-12H2,1H3,(H,28,29,31). The zero-order chi connectivity index (χ0) is 21.7. The monoisotopic (exact) mass is 439 g/mol. The summed E-state index contributed by atoms with van der Waals surface area (Å²) in [4.78, 5) is 21.3. The molecule has 0 radical (unpaired) electrons. The van der Waals surface area contributed by atoms with Gasteiger partial charge in [-0.25, -0.2) is 9.67 Å². The van der Waals surface area contributed by atoms with Gasteiger partial charge in [0, 0.05) is 33.5 Å². The molecule has 1 fully saturated rings. The molecule has 5 aromatic rings. The molecule has 1 aliphatic rings. The molecular formula is C25H21N5OS. The second-order valence-corrected chi connectivity index (χ2v) is 8.99. The summed E-state index contributed by atoms with van der Waals surface area (Å²) in [5.41, 5.74) is 6.67. The fourth-order valence-corrected chi connectivity index (χ4v) is 4.97. The minimum absolute atomic E-state index is 0.161. The van der Waals surface area contributed by atoms with Gasteiger partial charge in [-0.05, 0) is 38.0 Å². The van der Waals surface area contributed by atoms with Crippen LogP contribution in [0.4, 0.5) is 5.13 Å². The third-order valence-corrected chi connectivity index (χ3v) is 6.65. The van der Waals surface area contributed by atoms with Crippen LogP contribution in [-0.2, 0) is 0 Å². The van der Waals surface area contributed by atoms with Crippen LogP contribution in [0, 0.1) is 6.92 Å². The number of anilines is 1. The molecule has 158 valence electrons. The quantitative estimate of drug-likeness (QED) is 0.357. The van der Waals surface area contributed by atoms with Gasteiger partial charge >= 0.3 is 0 Å². The van der Waals surface area contributed by atoms with Crippen LogP contribution in [0.25, 0.3) is 27.8 Å². The van der Waals surface area contributed by atoms with E-state index >= 15 is 0 Å². The van der Waals surface area contributed by atoms with Gasteiger partial charge in [-0.3, -0.25) is 10.1 Å². The van der Waals surface area contributed by atoms with Crippen LogP contribution in [0.15, 0.2) is 66.2 Å². The number of aryl methyl sites for hydroxylation is 1. The summed E-state index contributed by atoms with van der Waals surface area (Å²) in [5, 5.41) is 11.3. The van der Waals surface area contributed by atoms with Gasteiger partial charge in [0.05, 0.1) is 28.8 Å². The van der Waals surface area contributed by atoms with Gasteiger partial charge in [0.1, 0.15) is 0 Å². The number of hydrogen-bond donors (Lipinski definition) is 2. The predicted octanol–water partition coefficient (Wildman–Crippen LogP) is 5.92. The number of aromatic nitrogens is 4. The molecular weight excluding hydrogens is 418 g/mol. The number of carbonyl (C=O) groups excluding carboxylic acids is 1. The molecule has 0 spiro atoms. The van der Waals surface area contributed by atoms with Gasteiger partial charge in [0.2, 0.25) is 0 Å². The zero-order valence-electron chi connectivity index (χ0n) is 17.5. The van der Waals surface area contributed by atoms with Gasteiger partial charge in [0.15, 0.2) is 5.13 Å². The number of amides is 1. The lowest BCUT2D eigenvalue weighted by Gasteiger charge is -2.08. The summed E-state index contributed by atoms with van der Waals surface area (Å²) in [5.74, 6) is 0.213. The Kier molecular flexibility index (Phi) is 4.43. The third kappa shape index (κ3) is 3.22. The Morgan fingerprint density at radius 2 is 1.91 bits per heavy atom. The van der Waals surface area contributed by atoms with Crippen LogP contribution in [0.1, 0.15) is 40.5 Å². The van der Waals surface area contributed by atoms with Crippen LogP contribution in [0.3, 0.4) is 0 Å². The van der Waals surface area contributed by atoms with Crippen molar-refractivity contribution in [3.8, 4) is 16.9 Å². The second-order valence-electron chi connectivity index (χ2n) is 8.13. The van der Waals surface area contributed by atoms with E-state index in [9.17, 15) is 4.79 Å². The highest BCUT2D eigenvalue weighted by atomic mass is 32.1. The summed E-state index contributed by atoms with van der Waals surface area (Å²) in [7, 11) is 0. The predicted molar refractivity (Wildman–Crippen MR) is 128 cm³/mol.